The summed E-state index contributed by atoms with van der Waals surface area (Å²) in [5, 5.41) is 20.9. The van der Waals surface area contributed by atoms with Crippen LogP contribution in [0.4, 0.5) is 0 Å². The van der Waals surface area contributed by atoms with Crippen molar-refractivity contribution in [3.63, 3.8) is 0 Å². The smallest absolute Gasteiger partial charge is 0.321 e. The van der Waals surface area contributed by atoms with Gasteiger partial charge in [-0.3, -0.25) is 14.9 Å². The number of phenols is 1. The quantitative estimate of drug-likeness (QED) is 0.548. The fraction of sp³-hybridized carbons (Fsp3) is 0.273. The molecule has 0 fully saturated rings. The van der Waals surface area contributed by atoms with E-state index in [4.69, 9.17) is 10.8 Å². The highest BCUT2D eigenvalue weighted by Gasteiger charge is 2.19. The summed E-state index contributed by atoms with van der Waals surface area (Å²) < 4.78 is 0. The Morgan fingerprint density at radius 3 is 2.53 bits per heavy atom. The molecule has 1 amide bonds. The van der Waals surface area contributed by atoms with E-state index in [1.54, 1.807) is 18.2 Å². The highest BCUT2D eigenvalue weighted by Crippen LogP contribution is 2.15. The molecule has 0 heterocycles. The molecule has 1 rings (SSSR count). The Morgan fingerprint density at radius 1 is 1.35 bits per heavy atom. The average Bonchev–Trinajstić information content (AvgIpc) is 2.25. The van der Waals surface area contributed by atoms with Crippen LogP contribution in [-0.2, 0) is 16.1 Å². The van der Waals surface area contributed by atoms with Gasteiger partial charge in [0.05, 0.1) is 6.42 Å². The summed E-state index contributed by atoms with van der Waals surface area (Å²) in [6, 6.07) is 5.50. The SMILES string of the molecule is NC(=O)C[C@@H](NCc1ccccc1O)C(=O)O. The van der Waals surface area contributed by atoms with Gasteiger partial charge in [0.1, 0.15) is 11.8 Å². The molecule has 0 aromatic heterocycles. The standard InChI is InChI=1S/C11H14N2O4/c12-10(15)5-8(11(16)17)13-6-7-3-1-2-4-9(7)14/h1-4,8,13-14H,5-6H2,(H2,12,15)(H,16,17)/t8-/m1/s1. The third-order valence-corrected chi connectivity index (χ3v) is 2.23. The second-order valence-corrected chi connectivity index (χ2v) is 3.57. The number of carbonyl (C=O) groups is 2. The van der Waals surface area contributed by atoms with Crippen LogP contribution in [0.15, 0.2) is 24.3 Å². The number of phenolic OH excluding ortho intramolecular Hbond substituents is 1. The third-order valence-electron chi connectivity index (χ3n) is 2.23. The normalized spacial score (nSPS) is 12.0. The average molecular weight is 238 g/mol. The summed E-state index contributed by atoms with van der Waals surface area (Å²) in [6.45, 7) is 0.150. The third kappa shape index (κ3) is 4.12. The number of carboxylic acid groups (broad SMARTS) is 1. The van der Waals surface area contributed by atoms with E-state index in [-0.39, 0.29) is 18.7 Å². The first-order chi connectivity index (χ1) is 8.00. The lowest BCUT2D eigenvalue weighted by Gasteiger charge is -2.13. The van der Waals surface area contributed by atoms with E-state index < -0.39 is 17.9 Å². The number of nitrogens with one attached hydrogen (secondary N) is 1. The van der Waals surface area contributed by atoms with Gasteiger partial charge < -0.3 is 15.9 Å². The molecule has 1 aromatic carbocycles. The molecular weight excluding hydrogens is 224 g/mol. The van der Waals surface area contributed by atoms with E-state index in [9.17, 15) is 14.7 Å². The van der Waals surface area contributed by atoms with Crippen LogP contribution in [0, 0.1) is 0 Å². The molecule has 0 unspecified atom stereocenters. The van der Waals surface area contributed by atoms with Gasteiger partial charge in [-0.05, 0) is 6.07 Å². The maximum absolute atomic E-state index is 10.8. The molecule has 0 radical (unpaired) electrons. The molecular formula is C11H14N2O4. The summed E-state index contributed by atoms with van der Waals surface area (Å²) in [5.41, 5.74) is 5.50. The Hall–Kier alpha value is -2.08. The maximum atomic E-state index is 10.8. The fourth-order valence-electron chi connectivity index (χ4n) is 1.34. The Balaban J connectivity index is 2.61. The number of hydrogen-bond acceptors (Lipinski definition) is 4. The fourth-order valence-corrected chi connectivity index (χ4v) is 1.34. The van der Waals surface area contributed by atoms with Crippen LogP contribution in [0.5, 0.6) is 5.75 Å². The number of amides is 1. The van der Waals surface area contributed by atoms with Crippen molar-refractivity contribution >= 4 is 11.9 Å². The van der Waals surface area contributed by atoms with E-state index in [0.717, 1.165) is 0 Å². The number of aliphatic carboxylic acids is 1. The topological polar surface area (TPSA) is 113 Å². The molecule has 6 nitrogen and oxygen atoms in total. The highest BCUT2D eigenvalue weighted by molar-refractivity contribution is 5.83. The van der Waals surface area contributed by atoms with Gasteiger partial charge >= 0.3 is 5.97 Å². The van der Waals surface area contributed by atoms with E-state index in [1.807, 2.05) is 0 Å². The van der Waals surface area contributed by atoms with Crippen LogP contribution in [0.1, 0.15) is 12.0 Å². The van der Waals surface area contributed by atoms with Crippen molar-refractivity contribution in [1.29, 1.82) is 0 Å². The predicted molar refractivity (Wildman–Crippen MR) is 60.2 cm³/mol. The molecule has 17 heavy (non-hydrogen) atoms. The molecule has 0 saturated carbocycles. The predicted octanol–water partition coefficient (Wildman–Crippen LogP) is -0.190. The van der Waals surface area contributed by atoms with Crippen LogP contribution < -0.4 is 11.1 Å². The van der Waals surface area contributed by atoms with Crippen LogP contribution in [0.2, 0.25) is 0 Å². The molecule has 0 aliphatic rings. The van der Waals surface area contributed by atoms with E-state index in [0.29, 0.717) is 5.56 Å². The van der Waals surface area contributed by atoms with Gasteiger partial charge in [-0.2, -0.15) is 0 Å². The minimum absolute atomic E-state index is 0.0724. The highest BCUT2D eigenvalue weighted by atomic mass is 16.4. The van der Waals surface area contributed by atoms with Crippen LogP contribution in [-0.4, -0.2) is 28.1 Å². The van der Waals surface area contributed by atoms with Crippen LogP contribution in [0.25, 0.3) is 0 Å². The Morgan fingerprint density at radius 2 is 2.00 bits per heavy atom. The number of para-hydroxylation sites is 1. The molecule has 0 bridgehead atoms. The molecule has 1 aromatic rings. The van der Waals surface area contributed by atoms with Gasteiger partial charge in [0.25, 0.3) is 0 Å². The van der Waals surface area contributed by atoms with Crippen molar-refractivity contribution in [2.75, 3.05) is 0 Å². The van der Waals surface area contributed by atoms with Crippen molar-refractivity contribution < 1.29 is 19.8 Å². The Labute approximate surface area is 98.1 Å². The van der Waals surface area contributed by atoms with E-state index in [1.165, 1.54) is 6.07 Å². The van der Waals surface area contributed by atoms with E-state index in [2.05, 4.69) is 5.32 Å². The van der Waals surface area contributed by atoms with Gasteiger partial charge in [0, 0.05) is 12.1 Å². The molecule has 0 aliphatic carbocycles. The van der Waals surface area contributed by atoms with Crippen LogP contribution >= 0.6 is 0 Å². The van der Waals surface area contributed by atoms with Crippen molar-refractivity contribution in [3.05, 3.63) is 29.8 Å². The summed E-state index contributed by atoms with van der Waals surface area (Å²) in [5.74, 6) is -1.77. The number of carboxylic acids is 1. The number of carbonyl (C=O) groups excluding carboxylic acids is 1. The number of rotatable bonds is 6. The molecule has 6 heteroatoms. The Kier molecular flexibility index (Phi) is 4.47. The number of aromatic hydroxyl groups is 1. The summed E-state index contributed by atoms with van der Waals surface area (Å²) in [4.78, 5) is 21.5. The molecule has 1 atom stereocenters. The maximum Gasteiger partial charge on any atom is 0.321 e. The molecule has 92 valence electrons. The second-order valence-electron chi connectivity index (χ2n) is 3.57. The van der Waals surface area contributed by atoms with Crippen LogP contribution in [0.3, 0.4) is 0 Å². The van der Waals surface area contributed by atoms with Gasteiger partial charge in [0.2, 0.25) is 5.91 Å². The lowest BCUT2D eigenvalue weighted by molar-refractivity contribution is -0.141. The first kappa shape index (κ1) is 13.0. The lowest BCUT2D eigenvalue weighted by Crippen LogP contribution is -2.39. The molecule has 0 saturated heterocycles. The number of hydrogen-bond donors (Lipinski definition) is 4. The number of nitrogens with two attached hydrogens (primary N) is 1. The molecule has 0 aliphatic heterocycles. The molecule has 0 spiro atoms. The van der Waals surface area contributed by atoms with Crippen molar-refractivity contribution in [2.24, 2.45) is 5.73 Å². The zero-order chi connectivity index (χ0) is 12.8. The zero-order valence-corrected chi connectivity index (χ0v) is 9.09. The second kappa shape index (κ2) is 5.86. The van der Waals surface area contributed by atoms with E-state index >= 15 is 0 Å². The Bertz CT molecular complexity index is 420. The van der Waals surface area contributed by atoms with Gasteiger partial charge in [-0.25, -0.2) is 0 Å². The van der Waals surface area contributed by atoms with Crippen molar-refractivity contribution in [1.82, 2.24) is 5.32 Å². The number of benzene rings is 1. The van der Waals surface area contributed by atoms with Gasteiger partial charge in [-0.15, -0.1) is 0 Å². The summed E-state index contributed by atoms with van der Waals surface area (Å²) in [7, 11) is 0. The lowest BCUT2D eigenvalue weighted by atomic mass is 10.1. The first-order valence-electron chi connectivity index (χ1n) is 5.02. The summed E-state index contributed by atoms with van der Waals surface area (Å²) >= 11 is 0. The minimum atomic E-state index is -1.15. The summed E-state index contributed by atoms with van der Waals surface area (Å²) in [6.07, 6.45) is -0.289. The first-order valence-corrected chi connectivity index (χ1v) is 5.02. The largest absolute Gasteiger partial charge is 0.508 e. The zero-order valence-electron chi connectivity index (χ0n) is 9.09. The monoisotopic (exact) mass is 238 g/mol. The van der Waals surface area contributed by atoms with Crippen molar-refractivity contribution in [2.45, 2.75) is 19.0 Å². The van der Waals surface area contributed by atoms with Gasteiger partial charge in [-0.1, -0.05) is 18.2 Å². The number of primary amides is 1. The van der Waals surface area contributed by atoms with Crippen molar-refractivity contribution in [3.8, 4) is 5.75 Å². The minimum Gasteiger partial charge on any atom is -0.508 e. The molecule has 5 N–H and O–H groups in total. The van der Waals surface area contributed by atoms with Gasteiger partial charge in [0.15, 0.2) is 0 Å².